The van der Waals surface area contributed by atoms with Gasteiger partial charge in [-0.05, 0) is 128 Å². The highest BCUT2D eigenvalue weighted by Crippen LogP contribution is 2.43. The monoisotopic (exact) mass is 1260 g/mol. The van der Waals surface area contributed by atoms with Crippen LogP contribution >= 0.6 is 7.82 Å². The van der Waals surface area contributed by atoms with Crippen LogP contribution in [-0.2, 0) is 27.9 Å². The lowest BCUT2D eigenvalue weighted by atomic mass is 10.0. The number of quaternary nitrogens is 1. The van der Waals surface area contributed by atoms with E-state index in [1.165, 1.54) is 116 Å². The molecule has 510 valence electrons. The van der Waals surface area contributed by atoms with Crippen LogP contribution in [0.4, 0.5) is 0 Å². The minimum atomic E-state index is -4.47. The third-order valence-corrected chi connectivity index (χ3v) is 16.6. The van der Waals surface area contributed by atoms with Crippen molar-refractivity contribution < 1.29 is 37.3 Å². The van der Waals surface area contributed by atoms with Gasteiger partial charge in [-0.3, -0.25) is 18.6 Å². The molecule has 3 atom stereocenters. The second kappa shape index (κ2) is 67.1. The van der Waals surface area contributed by atoms with E-state index >= 15 is 0 Å². The maximum atomic E-state index is 13.6. The zero-order valence-corrected chi connectivity index (χ0v) is 59.3. The van der Waals surface area contributed by atoms with Gasteiger partial charge in [0.2, 0.25) is 5.91 Å². The lowest BCUT2D eigenvalue weighted by molar-refractivity contribution is -0.870. The Morgan fingerprint density at radius 3 is 1.10 bits per heavy atom. The van der Waals surface area contributed by atoms with E-state index in [0.717, 1.165) is 148 Å². The fourth-order valence-electron chi connectivity index (χ4n) is 9.99. The number of nitrogens with zero attached hydrogens (tertiary/aromatic N) is 1. The molecule has 2 N–H and O–H groups in total. The third-order valence-electron chi connectivity index (χ3n) is 15.6. The molecule has 0 bridgehead atoms. The molecule has 9 nitrogen and oxygen atoms in total. The van der Waals surface area contributed by atoms with Crippen molar-refractivity contribution in [2.24, 2.45) is 0 Å². The van der Waals surface area contributed by atoms with Crippen LogP contribution in [0.25, 0.3) is 0 Å². The van der Waals surface area contributed by atoms with Crippen LogP contribution in [-0.4, -0.2) is 74.3 Å². The van der Waals surface area contributed by atoms with Crippen molar-refractivity contribution >= 4 is 19.7 Å². The Bertz CT molecular complexity index is 1990. The molecule has 0 saturated carbocycles. The normalized spacial score (nSPS) is 14.3. The Labute approximate surface area is 549 Å². The largest absolute Gasteiger partial charge is 0.472 e. The molecule has 0 aliphatic heterocycles. The Balaban J connectivity index is 5.16. The molecule has 3 unspecified atom stereocenters. The van der Waals surface area contributed by atoms with Crippen molar-refractivity contribution in [1.82, 2.24) is 5.32 Å². The van der Waals surface area contributed by atoms with Gasteiger partial charge in [-0.2, -0.15) is 0 Å². The van der Waals surface area contributed by atoms with Gasteiger partial charge in [0.15, 0.2) is 0 Å². The first kappa shape index (κ1) is 85.2. The predicted octanol–water partition coefficient (Wildman–Crippen LogP) is 23.6. The van der Waals surface area contributed by atoms with E-state index in [2.05, 4.69) is 148 Å². The fraction of sp³-hybridized carbons (Fsp3) is 0.696. The first-order chi connectivity index (χ1) is 43.4. The maximum absolute atomic E-state index is 13.6. The molecule has 0 heterocycles. The number of nitrogens with one attached hydrogen (secondary N) is 1. The molecular formula is C79H138N2O7P+. The van der Waals surface area contributed by atoms with Crippen molar-refractivity contribution in [1.29, 1.82) is 0 Å². The van der Waals surface area contributed by atoms with Crippen LogP contribution in [0.1, 0.15) is 303 Å². The first-order valence-electron chi connectivity index (χ1n) is 36.5. The molecule has 0 aromatic rings. The van der Waals surface area contributed by atoms with Gasteiger partial charge in [-0.25, -0.2) is 4.57 Å². The Morgan fingerprint density at radius 2 is 0.719 bits per heavy atom. The number of esters is 1. The minimum absolute atomic E-state index is 0.0296. The molecule has 0 aliphatic carbocycles. The molecule has 0 rings (SSSR count). The highest BCUT2D eigenvalue weighted by Gasteiger charge is 2.30. The van der Waals surface area contributed by atoms with E-state index in [-0.39, 0.29) is 31.5 Å². The van der Waals surface area contributed by atoms with E-state index in [0.29, 0.717) is 23.9 Å². The fourth-order valence-corrected chi connectivity index (χ4v) is 10.7. The summed E-state index contributed by atoms with van der Waals surface area (Å²) in [4.78, 5) is 38.0. The summed E-state index contributed by atoms with van der Waals surface area (Å²) in [6.45, 7) is 6.87. The van der Waals surface area contributed by atoms with Gasteiger partial charge in [0, 0.05) is 12.8 Å². The summed E-state index contributed by atoms with van der Waals surface area (Å²) < 4.78 is 30.9. The minimum Gasteiger partial charge on any atom is -0.456 e. The second-order valence-corrected chi connectivity index (χ2v) is 26.8. The molecule has 0 fully saturated rings. The van der Waals surface area contributed by atoms with Crippen LogP contribution in [0.3, 0.4) is 0 Å². The molecule has 0 radical (unpaired) electrons. The number of carbonyl (C=O) groups excluding carboxylic acids is 2. The van der Waals surface area contributed by atoms with Crippen LogP contribution in [0.15, 0.2) is 134 Å². The zero-order valence-electron chi connectivity index (χ0n) is 58.4. The molecule has 0 saturated heterocycles. The number of phosphoric ester groups is 1. The number of unbranched alkanes of at least 4 members (excludes halogenated alkanes) is 29. The highest BCUT2D eigenvalue weighted by atomic mass is 31.2. The van der Waals surface area contributed by atoms with Gasteiger partial charge < -0.3 is 19.4 Å². The van der Waals surface area contributed by atoms with Crippen LogP contribution < -0.4 is 5.32 Å². The summed E-state index contributed by atoms with van der Waals surface area (Å²) >= 11 is 0. The number of hydrogen-bond donors (Lipinski definition) is 2. The van der Waals surface area contributed by atoms with Crippen LogP contribution in [0.2, 0.25) is 0 Å². The second-order valence-electron chi connectivity index (χ2n) is 25.4. The van der Waals surface area contributed by atoms with Gasteiger partial charge >= 0.3 is 13.8 Å². The van der Waals surface area contributed by atoms with E-state index in [1.807, 2.05) is 33.3 Å². The third kappa shape index (κ3) is 68.4. The first-order valence-corrected chi connectivity index (χ1v) is 38.0. The molecular weight excluding hydrogens is 1120 g/mol. The predicted molar refractivity (Wildman–Crippen MR) is 387 cm³/mol. The zero-order chi connectivity index (χ0) is 64.9. The number of allylic oxidation sites excluding steroid dienone is 21. The van der Waals surface area contributed by atoms with Gasteiger partial charge in [-0.15, -0.1) is 0 Å². The van der Waals surface area contributed by atoms with E-state index in [4.69, 9.17) is 13.8 Å². The van der Waals surface area contributed by atoms with Crippen LogP contribution in [0.5, 0.6) is 0 Å². The lowest BCUT2D eigenvalue weighted by Crippen LogP contribution is -2.47. The maximum Gasteiger partial charge on any atom is 0.472 e. The van der Waals surface area contributed by atoms with Gasteiger partial charge in [0.1, 0.15) is 19.3 Å². The van der Waals surface area contributed by atoms with Crippen molar-refractivity contribution in [3.63, 3.8) is 0 Å². The molecule has 1 amide bonds. The lowest BCUT2D eigenvalue weighted by Gasteiger charge is -2.27. The average Bonchev–Trinajstić information content (AvgIpc) is 3.54. The Kier molecular flexibility index (Phi) is 64.2. The van der Waals surface area contributed by atoms with Gasteiger partial charge in [0.25, 0.3) is 0 Å². The summed E-state index contributed by atoms with van der Waals surface area (Å²) in [5, 5.41) is 3.07. The van der Waals surface area contributed by atoms with Crippen molar-refractivity contribution in [2.75, 3.05) is 40.9 Å². The Hall–Kier alpha value is -3.85. The topological polar surface area (TPSA) is 111 Å². The standard InChI is InChI=1S/C79H137N2O7P/c1-7-10-13-16-19-22-25-28-30-32-34-36-38-40-42-44-46-48-50-53-56-59-62-65-68-71-78(82)80-76(75-87-89(84,85)86-74-73-81(4,5)6)77(70-67-64-61-58-55-52-27-24-21-18-15-12-9-3)88-79(83)72-69-66-63-60-57-54-51-49-47-45-43-41-39-37-35-33-31-29-26-23-20-17-14-11-8-2/h11,14,19-20,22-23,28-31,34-37,40-43,47,49,67,70,76-77H,7-10,12-13,15-18,21,24-27,32-33,38-39,44-46,48,50-66,68-69,71-75H2,1-6H3,(H-,80,82,84,85)/p+1/b14-11-,22-19-,23-20-,30-28-,31-29-,36-34-,37-35-,42-40-,43-41-,49-47-,70-67+. The SMILES string of the molecule is CC/C=C\C/C=C\C/C=C\C/C=C\C/C=C\C/C=C\CCCCCCCCC(=O)OC(/C=C/CCCCCCCCCCCCC)C(COP(=O)(O)OCC[N+](C)(C)C)NC(=O)CCCCCCCCCCC/C=C\C/C=C\C/C=C\C/C=C\CCCCC. The van der Waals surface area contributed by atoms with Crippen molar-refractivity contribution in [2.45, 2.75) is 315 Å². The summed E-state index contributed by atoms with van der Waals surface area (Å²) in [5.74, 6) is -0.531. The molecule has 0 spiro atoms. The molecule has 89 heavy (non-hydrogen) atoms. The van der Waals surface area contributed by atoms with Gasteiger partial charge in [-0.1, -0.05) is 296 Å². The van der Waals surface area contributed by atoms with E-state index in [1.54, 1.807) is 0 Å². The summed E-state index contributed by atoms with van der Waals surface area (Å²) in [6.07, 6.45) is 96.0. The van der Waals surface area contributed by atoms with Gasteiger partial charge in [0.05, 0.1) is 33.8 Å². The smallest absolute Gasteiger partial charge is 0.456 e. The highest BCUT2D eigenvalue weighted by molar-refractivity contribution is 7.47. The number of carbonyl (C=O) groups is 2. The quantitative estimate of drug-likeness (QED) is 0.0205. The number of likely N-dealkylation sites (N-methyl/N-ethyl adjacent to an activating group) is 1. The van der Waals surface area contributed by atoms with E-state index < -0.39 is 20.0 Å². The molecule has 10 heteroatoms. The number of ether oxygens (including phenoxy) is 1. The van der Waals surface area contributed by atoms with Crippen molar-refractivity contribution in [3.05, 3.63) is 134 Å². The summed E-state index contributed by atoms with van der Waals surface area (Å²) in [7, 11) is 1.47. The molecule has 0 aromatic carbocycles. The van der Waals surface area contributed by atoms with Crippen molar-refractivity contribution in [3.8, 4) is 0 Å². The summed E-state index contributed by atoms with van der Waals surface area (Å²) in [6, 6.07) is -0.869. The molecule has 0 aliphatic rings. The average molecular weight is 1260 g/mol. The number of amides is 1. The molecule has 0 aromatic heterocycles. The number of rotatable bonds is 65. The Morgan fingerprint density at radius 1 is 0.404 bits per heavy atom. The van der Waals surface area contributed by atoms with Crippen LogP contribution in [0, 0.1) is 0 Å². The number of hydrogen-bond acceptors (Lipinski definition) is 6. The van der Waals surface area contributed by atoms with E-state index in [9.17, 15) is 19.0 Å². The summed E-state index contributed by atoms with van der Waals surface area (Å²) in [5.41, 5.74) is 0. The number of phosphoric acid groups is 1.